The zero-order valence-electron chi connectivity index (χ0n) is 18.7. The van der Waals surface area contributed by atoms with E-state index >= 15 is 0 Å². The molecule has 1 spiro atoms. The second kappa shape index (κ2) is 7.87. The molecule has 8 heteroatoms. The summed E-state index contributed by atoms with van der Waals surface area (Å²) in [7, 11) is 0. The monoisotopic (exact) mass is 455 g/mol. The lowest BCUT2D eigenvalue weighted by atomic mass is 9.68. The van der Waals surface area contributed by atoms with Crippen molar-refractivity contribution in [1.82, 2.24) is 20.1 Å². The number of hydrogen-bond donors (Lipinski definition) is 2. The van der Waals surface area contributed by atoms with E-state index in [2.05, 4.69) is 34.6 Å². The summed E-state index contributed by atoms with van der Waals surface area (Å²) in [6.45, 7) is 6.10. The Morgan fingerprint density at radius 1 is 1.31 bits per heavy atom. The summed E-state index contributed by atoms with van der Waals surface area (Å²) >= 11 is 6.49. The number of nitrogens with zero attached hydrogens (tertiary/aromatic N) is 3. The van der Waals surface area contributed by atoms with Gasteiger partial charge in [0.2, 0.25) is 11.8 Å². The number of nitrogens with one attached hydrogen (secondary N) is 2. The minimum atomic E-state index is -0.258. The van der Waals surface area contributed by atoms with Crippen molar-refractivity contribution >= 4 is 29.2 Å². The summed E-state index contributed by atoms with van der Waals surface area (Å²) < 4.78 is 2.04. The predicted octanol–water partition coefficient (Wildman–Crippen LogP) is 4.21. The highest BCUT2D eigenvalue weighted by Crippen LogP contribution is 2.45. The average molecular weight is 456 g/mol. The minimum absolute atomic E-state index is 0.0624. The zero-order chi connectivity index (χ0) is 22.5. The van der Waals surface area contributed by atoms with Crippen LogP contribution < -0.4 is 10.6 Å². The summed E-state index contributed by atoms with van der Waals surface area (Å²) in [5.41, 5.74) is 2.92. The van der Waals surface area contributed by atoms with Crippen LogP contribution in [0.1, 0.15) is 58.1 Å². The Balaban J connectivity index is 1.29. The molecule has 1 saturated carbocycles. The Hall–Kier alpha value is -2.41. The molecule has 1 aliphatic carbocycles. The molecule has 5 rings (SSSR count). The third kappa shape index (κ3) is 3.91. The van der Waals surface area contributed by atoms with Gasteiger partial charge in [-0.3, -0.25) is 14.3 Å². The van der Waals surface area contributed by atoms with Crippen LogP contribution in [0.2, 0.25) is 5.02 Å². The van der Waals surface area contributed by atoms with E-state index in [1.54, 1.807) is 6.20 Å². The maximum Gasteiger partial charge on any atom is 0.226 e. The molecule has 1 saturated heterocycles. The Morgan fingerprint density at radius 2 is 2.16 bits per heavy atom. The first-order valence-electron chi connectivity index (χ1n) is 11.5. The molecular formula is C24H30ClN5O2. The molecule has 7 nitrogen and oxygen atoms in total. The van der Waals surface area contributed by atoms with Crippen molar-refractivity contribution in [1.29, 1.82) is 0 Å². The Morgan fingerprint density at radius 3 is 2.94 bits per heavy atom. The number of rotatable bonds is 4. The van der Waals surface area contributed by atoms with Crippen LogP contribution in [-0.2, 0) is 22.6 Å². The van der Waals surface area contributed by atoms with Crippen molar-refractivity contribution in [2.24, 2.45) is 16.7 Å². The molecule has 0 aromatic carbocycles. The first-order chi connectivity index (χ1) is 15.2. The van der Waals surface area contributed by atoms with Gasteiger partial charge in [0.05, 0.1) is 16.6 Å². The summed E-state index contributed by atoms with van der Waals surface area (Å²) in [5, 5.41) is 11.0. The number of pyridine rings is 1. The summed E-state index contributed by atoms with van der Waals surface area (Å²) in [5.74, 6) is 0.826. The standard InChI is InChI=1S/C24H30ClN5O2/c1-23(2)11-19-17(12-28-30(19)14-23)16-9-20(27-13-18(16)25)29-21(31)8-15-4-3-5-24(10-15)6-7-26-22(24)32/h9,12-13,15H,3-8,10-11,14H2,1-2H3,(H,26,32)(H,27,29,31)/t15-,24+/m0/s1. The van der Waals surface area contributed by atoms with Gasteiger partial charge in [-0.05, 0) is 49.5 Å². The number of carbonyl (C=O) groups excluding carboxylic acids is 2. The molecule has 2 aromatic rings. The molecule has 2 aliphatic heterocycles. The second-order valence-corrected chi connectivity index (χ2v) is 11.0. The normalized spacial score (nSPS) is 26.2. The second-order valence-electron chi connectivity index (χ2n) is 10.6. The van der Waals surface area contributed by atoms with Crippen LogP contribution in [0.4, 0.5) is 5.82 Å². The van der Waals surface area contributed by atoms with Gasteiger partial charge in [-0.15, -0.1) is 0 Å². The van der Waals surface area contributed by atoms with Crippen LogP contribution in [0.25, 0.3) is 11.1 Å². The van der Waals surface area contributed by atoms with Gasteiger partial charge in [0.15, 0.2) is 0 Å². The van der Waals surface area contributed by atoms with Gasteiger partial charge >= 0.3 is 0 Å². The molecule has 32 heavy (non-hydrogen) atoms. The Labute approximate surface area is 193 Å². The lowest BCUT2D eigenvalue weighted by molar-refractivity contribution is -0.131. The van der Waals surface area contributed by atoms with Gasteiger partial charge in [-0.1, -0.05) is 31.9 Å². The first-order valence-corrected chi connectivity index (χ1v) is 11.9. The molecular weight excluding hydrogens is 426 g/mol. The third-order valence-corrected chi connectivity index (χ3v) is 7.68. The van der Waals surface area contributed by atoms with Crippen LogP contribution >= 0.6 is 11.6 Å². The van der Waals surface area contributed by atoms with Crippen LogP contribution in [0, 0.1) is 16.7 Å². The number of hydrogen-bond acceptors (Lipinski definition) is 4. The maximum absolute atomic E-state index is 12.8. The van der Waals surface area contributed by atoms with Crippen LogP contribution in [-0.4, -0.2) is 33.1 Å². The van der Waals surface area contributed by atoms with Gasteiger partial charge in [0.1, 0.15) is 5.82 Å². The fourth-order valence-corrected chi connectivity index (χ4v) is 6.06. The van der Waals surface area contributed by atoms with Crippen LogP contribution in [0.15, 0.2) is 18.5 Å². The van der Waals surface area contributed by atoms with Crippen molar-refractivity contribution in [3.8, 4) is 11.1 Å². The number of carbonyl (C=O) groups is 2. The number of halogens is 1. The van der Waals surface area contributed by atoms with E-state index in [1.165, 1.54) is 5.69 Å². The molecule has 2 amide bonds. The Bertz CT molecular complexity index is 1080. The minimum Gasteiger partial charge on any atom is -0.356 e. The molecule has 170 valence electrons. The topological polar surface area (TPSA) is 88.9 Å². The number of amides is 2. The third-order valence-electron chi connectivity index (χ3n) is 7.38. The fraction of sp³-hybridized carbons (Fsp3) is 0.583. The number of anilines is 1. The van der Waals surface area contributed by atoms with E-state index in [0.717, 1.165) is 62.7 Å². The van der Waals surface area contributed by atoms with E-state index in [4.69, 9.17) is 11.6 Å². The van der Waals surface area contributed by atoms with Crippen molar-refractivity contribution in [2.75, 3.05) is 11.9 Å². The lowest BCUT2D eigenvalue weighted by Crippen LogP contribution is -2.37. The van der Waals surface area contributed by atoms with Crippen LogP contribution in [0.3, 0.4) is 0 Å². The van der Waals surface area contributed by atoms with Gasteiger partial charge in [0, 0.05) is 42.5 Å². The van der Waals surface area contributed by atoms with Gasteiger partial charge in [-0.2, -0.15) is 5.10 Å². The van der Waals surface area contributed by atoms with Crippen molar-refractivity contribution in [2.45, 2.75) is 65.3 Å². The van der Waals surface area contributed by atoms with Gasteiger partial charge in [0.25, 0.3) is 0 Å². The number of aromatic nitrogens is 3. The van der Waals surface area contributed by atoms with E-state index in [1.807, 2.05) is 16.9 Å². The van der Waals surface area contributed by atoms with E-state index in [-0.39, 0.29) is 28.6 Å². The maximum atomic E-state index is 12.8. The largest absolute Gasteiger partial charge is 0.356 e. The van der Waals surface area contributed by atoms with Crippen molar-refractivity contribution in [3.05, 3.63) is 29.2 Å². The van der Waals surface area contributed by atoms with E-state index < -0.39 is 0 Å². The number of fused-ring (bicyclic) bond motifs is 1. The molecule has 2 aromatic heterocycles. The predicted molar refractivity (Wildman–Crippen MR) is 123 cm³/mol. The molecule has 2 N–H and O–H groups in total. The summed E-state index contributed by atoms with van der Waals surface area (Å²) in [6.07, 6.45) is 9.39. The average Bonchev–Trinajstić information content (AvgIpc) is 3.35. The molecule has 3 aliphatic rings. The Kier molecular flexibility index (Phi) is 5.27. The lowest BCUT2D eigenvalue weighted by Gasteiger charge is -2.35. The van der Waals surface area contributed by atoms with E-state index in [0.29, 0.717) is 17.3 Å². The molecule has 2 fully saturated rings. The smallest absolute Gasteiger partial charge is 0.226 e. The highest BCUT2D eigenvalue weighted by atomic mass is 35.5. The molecule has 2 atom stereocenters. The van der Waals surface area contributed by atoms with Crippen molar-refractivity contribution < 1.29 is 9.59 Å². The summed E-state index contributed by atoms with van der Waals surface area (Å²) in [6, 6.07) is 1.84. The van der Waals surface area contributed by atoms with Crippen LogP contribution in [0.5, 0.6) is 0 Å². The fourth-order valence-electron chi connectivity index (χ4n) is 5.85. The van der Waals surface area contributed by atoms with Crippen molar-refractivity contribution in [3.63, 3.8) is 0 Å². The molecule has 0 bridgehead atoms. The quantitative estimate of drug-likeness (QED) is 0.722. The highest BCUT2D eigenvalue weighted by molar-refractivity contribution is 6.33. The highest BCUT2D eigenvalue weighted by Gasteiger charge is 2.45. The molecule has 0 unspecified atom stereocenters. The van der Waals surface area contributed by atoms with Gasteiger partial charge < -0.3 is 10.6 Å². The SMILES string of the molecule is CC1(C)Cc2c(-c3cc(NC(=O)C[C@@H]4CCC[C@@]5(CCNC5=O)C4)ncc3Cl)cnn2C1. The molecule has 4 heterocycles. The zero-order valence-corrected chi connectivity index (χ0v) is 19.5. The van der Waals surface area contributed by atoms with E-state index in [9.17, 15) is 9.59 Å². The molecule has 0 radical (unpaired) electrons. The first kappa shape index (κ1) is 21.4. The summed E-state index contributed by atoms with van der Waals surface area (Å²) in [4.78, 5) is 29.5. The van der Waals surface area contributed by atoms with Gasteiger partial charge in [-0.25, -0.2) is 4.98 Å².